The number of fused-ring (bicyclic) bond motifs is 1. The van der Waals surface area contributed by atoms with E-state index in [0.717, 1.165) is 28.1 Å². The molecule has 0 saturated heterocycles. The van der Waals surface area contributed by atoms with Gasteiger partial charge in [-0.25, -0.2) is 9.50 Å². The van der Waals surface area contributed by atoms with Crippen molar-refractivity contribution in [1.82, 2.24) is 14.6 Å². The normalized spacial score (nSPS) is 10.8. The number of aromatic nitrogens is 3. The average molecular weight is 402 g/mol. The summed E-state index contributed by atoms with van der Waals surface area (Å²) in [5, 5.41) is 7.41. The van der Waals surface area contributed by atoms with Gasteiger partial charge in [-0.05, 0) is 61.4 Å². The molecular weight excluding hydrogens is 380 g/mol. The molecule has 0 aliphatic carbocycles. The fourth-order valence-corrected chi connectivity index (χ4v) is 3.46. The fraction of sp³-hybridized carbons (Fsp3) is 0.174. The first-order valence-corrected chi connectivity index (χ1v) is 9.45. The van der Waals surface area contributed by atoms with Crippen LogP contribution in [0.2, 0.25) is 0 Å². The van der Waals surface area contributed by atoms with E-state index in [-0.39, 0.29) is 11.6 Å². The standard InChI is InChI=1S/C23H22N4O3/c1-14-9-15(2)11-17(10-14)25-23(28)18-13-22-24-8-7-19(27(22)26-18)16-5-6-20(29-3)21(12-16)30-4/h5-13H,1-4H3,(H,25,28). The van der Waals surface area contributed by atoms with Gasteiger partial charge < -0.3 is 14.8 Å². The minimum atomic E-state index is -0.288. The van der Waals surface area contributed by atoms with Crippen molar-refractivity contribution in [2.45, 2.75) is 13.8 Å². The molecule has 0 bridgehead atoms. The largest absolute Gasteiger partial charge is 0.493 e. The van der Waals surface area contributed by atoms with Crippen LogP contribution in [0.5, 0.6) is 11.5 Å². The molecule has 4 aromatic rings. The minimum absolute atomic E-state index is 0.287. The van der Waals surface area contributed by atoms with Crippen LogP contribution in [0.15, 0.2) is 54.7 Å². The Hall–Kier alpha value is -3.87. The molecule has 0 fully saturated rings. The number of nitrogens with one attached hydrogen (secondary N) is 1. The van der Waals surface area contributed by atoms with Crippen molar-refractivity contribution in [3.8, 4) is 22.8 Å². The van der Waals surface area contributed by atoms with Gasteiger partial charge in [0.25, 0.3) is 5.91 Å². The molecule has 1 amide bonds. The number of methoxy groups -OCH3 is 2. The molecule has 1 N–H and O–H groups in total. The highest BCUT2D eigenvalue weighted by Gasteiger charge is 2.16. The van der Waals surface area contributed by atoms with E-state index in [2.05, 4.69) is 21.5 Å². The van der Waals surface area contributed by atoms with E-state index < -0.39 is 0 Å². The van der Waals surface area contributed by atoms with Crippen LogP contribution >= 0.6 is 0 Å². The lowest BCUT2D eigenvalue weighted by Gasteiger charge is -2.10. The highest BCUT2D eigenvalue weighted by Crippen LogP contribution is 2.32. The fourth-order valence-electron chi connectivity index (χ4n) is 3.46. The van der Waals surface area contributed by atoms with Gasteiger partial charge in [0.2, 0.25) is 0 Å². The topological polar surface area (TPSA) is 77.8 Å². The third-order valence-electron chi connectivity index (χ3n) is 4.75. The Morgan fingerprint density at radius 1 is 0.933 bits per heavy atom. The van der Waals surface area contributed by atoms with E-state index in [1.807, 2.05) is 50.2 Å². The number of amides is 1. The van der Waals surface area contributed by atoms with Crippen LogP contribution in [0, 0.1) is 13.8 Å². The summed E-state index contributed by atoms with van der Waals surface area (Å²) in [6.45, 7) is 3.99. The van der Waals surface area contributed by atoms with Gasteiger partial charge in [-0.2, -0.15) is 5.10 Å². The summed E-state index contributed by atoms with van der Waals surface area (Å²) in [6.07, 6.45) is 1.69. The van der Waals surface area contributed by atoms with Crippen LogP contribution in [-0.4, -0.2) is 34.7 Å². The van der Waals surface area contributed by atoms with Gasteiger partial charge in [0.15, 0.2) is 22.8 Å². The van der Waals surface area contributed by atoms with Crippen LogP contribution < -0.4 is 14.8 Å². The van der Waals surface area contributed by atoms with Gasteiger partial charge in [0.05, 0.1) is 19.9 Å². The lowest BCUT2D eigenvalue weighted by molar-refractivity contribution is 0.102. The molecule has 0 saturated carbocycles. The Kier molecular flexibility index (Phi) is 5.10. The molecule has 2 aromatic heterocycles. The highest BCUT2D eigenvalue weighted by atomic mass is 16.5. The lowest BCUT2D eigenvalue weighted by atomic mass is 10.1. The summed E-state index contributed by atoms with van der Waals surface area (Å²) >= 11 is 0. The Balaban J connectivity index is 1.71. The summed E-state index contributed by atoms with van der Waals surface area (Å²) in [4.78, 5) is 17.1. The lowest BCUT2D eigenvalue weighted by Crippen LogP contribution is -2.13. The zero-order valence-electron chi connectivity index (χ0n) is 17.3. The van der Waals surface area contributed by atoms with Crippen LogP contribution in [0.1, 0.15) is 21.6 Å². The molecule has 0 aliphatic rings. The molecule has 2 heterocycles. The number of ether oxygens (including phenoxy) is 2. The van der Waals surface area contributed by atoms with Crippen LogP contribution in [-0.2, 0) is 0 Å². The van der Waals surface area contributed by atoms with Crippen molar-refractivity contribution in [2.24, 2.45) is 0 Å². The van der Waals surface area contributed by atoms with E-state index in [1.54, 1.807) is 31.0 Å². The van der Waals surface area contributed by atoms with Gasteiger partial charge >= 0.3 is 0 Å². The van der Waals surface area contributed by atoms with Crippen molar-refractivity contribution in [3.05, 3.63) is 71.5 Å². The second-order valence-electron chi connectivity index (χ2n) is 7.03. The van der Waals surface area contributed by atoms with Crippen molar-refractivity contribution < 1.29 is 14.3 Å². The summed E-state index contributed by atoms with van der Waals surface area (Å²) in [7, 11) is 3.18. The maximum absolute atomic E-state index is 12.8. The van der Waals surface area contributed by atoms with Crippen molar-refractivity contribution in [3.63, 3.8) is 0 Å². The van der Waals surface area contributed by atoms with E-state index in [1.165, 1.54) is 0 Å². The average Bonchev–Trinajstić information content (AvgIpc) is 3.17. The summed E-state index contributed by atoms with van der Waals surface area (Å²) in [6, 6.07) is 15.0. The number of anilines is 1. The smallest absolute Gasteiger partial charge is 0.276 e. The molecule has 7 heteroatoms. The molecule has 0 atom stereocenters. The van der Waals surface area contributed by atoms with E-state index in [0.29, 0.717) is 17.1 Å². The number of carbonyl (C=O) groups excluding carboxylic acids is 1. The number of aryl methyl sites for hydroxylation is 2. The Morgan fingerprint density at radius 3 is 2.37 bits per heavy atom. The van der Waals surface area contributed by atoms with Gasteiger partial charge in [0.1, 0.15) is 0 Å². The van der Waals surface area contributed by atoms with Gasteiger partial charge in [-0.3, -0.25) is 4.79 Å². The third kappa shape index (κ3) is 3.69. The molecule has 0 radical (unpaired) electrons. The Bertz CT molecular complexity index is 1230. The number of benzene rings is 2. The van der Waals surface area contributed by atoms with E-state index in [9.17, 15) is 4.79 Å². The predicted octanol–water partition coefficient (Wildman–Crippen LogP) is 4.28. The second kappa shape index (κ2) is 7.87. The van der Waals surface area contributed by atoms with Gasteiger partial charge in [-0.15, -0.1) is 0 Å². The Labute approximate surface area is 174 Å². The zero-order chi connectivity index (χ0) is 21.3. The Morgan fingerprint density at radius 2 is 1.67 bits per heavy atom. The van der Waals surface area contributed by atoms with Crippen LogP contribution in [0.3, 0.4) is 0 Å². The first-order valence-electron chi connectivity index (χ1n) is 9.45. The number of carbonyl (C=O) groups is 1. The number of nitrogens with zero attached hydrogens (tertiary/aromatic N) is 3. The van der Waals surface area contributed by atoms with E-state index in [4.69, 9.17) is 9.47 Å². The number of rotatable bonds is 5. The van der Waals surface area contributed by atoms with Crippen LogP contribution in [0.25, 0.3) is 16.9 Å². The first kappa shape index (κ1) is 19.4. The minimum Gasteiger partial charge on any atom is -0.493 e. The van der Waals surface area contributed by atoms with Crippen molar-refractivity contribution in [1.29, 1.82) is 0 Å². The molecule has 0 spiro atoms. The third-order valence-corrected chi connectivity index (χ3v) is 4.75. The van der Waals surface area contributed by atoms with Gasteiger partial charge in [0, 0.05) is 23.5 Å². The SMILES string of the molecule is COc1ccc(-c2ccnc3cc(C(=O)Nc4cc(C)cc(C)c4)nn23)cc1OC. The molecule has 2 aromatic carbocycles. The molecule has 30 heavy (non-hydrogen) atoms. The first-order chi connectivity index (χ1) is 14.5. The molecule has 7 nitrogen and oxygen atoms in total. The maximum atomic E-state index is 12.8. The molecule has 0 aliphatic heterocycles. The van der Waals surface area contributed by atoms with Crippen molar-refractivity contribution >= 4 is 17.2 Å². The predicted molar refractivity (Wildman–Crippen MR) is 115 cm³/mol. The quantitative estimate of drug-likeness (QED) is 0.539. The summed E-state index contributed by atoms with van der Waals surface area (Å²) in [5.41, 5.74) is 5.41. The van der Waals surface area contributed by atoms with Crippen LogP contribution in [0.4, 0.5) is 5.69 Å². The molecular formula is C23H22N4O3. The zero-order valence-corrected chi connectivity index (χ0v) is 17.3. The summed E-state index contributed by atoms with van der Waals surface area (Å²) < 4.78 is 12.4. The van der Waals surface area contributed by atoms with Gasteiger partial charge in [-0.1, -0.05) is 6.07 Å². The maximum Gasteiger partial charge on any atom is 0.276 e. The monoisotopic (exact) mass is 402 g/mol. The number of hydrogen-bond acceptors (Lipinski definition) is 5. The van der Waals surface area contributed by atoms with E-state index >= 15 is 0 Å². The molecule has 0 unspecified atom stereocenters. The molecule has 152 valence electrons. The highest BCUT2D eigenvalue weighted by molar-refractivity contribution is 6.03. The van der Waals surface area contributed by atoms with Crippen molar-refractivity contribution in [2.75, 3.05) is 19.5 Å². The summed E-state index contributed by atoms with van der Waals surface area (Å²) in [5.74, 6) is 0.962. The number of hydrogen-bond donors (Lipinski definition) is 1. The second-order valence-corrected chi connectivity index (χ2v) is 7.03. The molecule has 4 rings (SSSR count).